The van der Waals surface area contributed by atoms with Crippen molar-refractivity contribution < 1.29 is 27.9 Å². The Balaban J connectivity index is 0.000000383. The molecular formula is C21H21ClF3N5O3. The molecule has 0 aliphatic carbocycles. The summed E-state index contributed by atoms with van der Waals surface area (Å²) in [5.41, 5.74) is 3.41. The lowest BCUT2D eigenvalue weighted by Gasteiger charge is -2.33. The zero-order valence-corrected chi connectivity index (χ0v) is 18.2. The Morgan fingerprint density at radius 3 is 2.45 bits per heavy atom. The van der Waals surface area contributed by atoms with Crippen LogP contribution in [0.4, 0.5) is 13.2 Å². The molecule has 1 atom stereocenters. The van der Waals surface area contributed by atoms with Crippen molar-refractivity contribution in [2.45, 2.75) is 12.2 Å². The van der Waals surface area contributed by atoms with Crippen molar-refractivity contribution >= 4 is 23.5 Å². The number of hydrogen-bond acceptors (Lipinski definition) is 4. The molecule has 3 N–H and O–H groups in total. The van der Waals surface area contributed by atoms with Crippen molar-refractivity contribution in [1.29, 1.82) is 0 Å². The average molecular weight is 484 g/mol. The third-order valence-corrected chi connectivity index (χ3v) is 5.17. The van der Waals surface area contributed by atoms with Crippen LogP contribution in [0.25, 0.3) is 11.3 Å². The van der Waals surface area contributed by atoms with Crippen LogP contribution < -0.4 is 5.32 Å². The molecule has 1 aliphatic rings. The molecule has 1 aliphatic heterocycles. The summed E-state index contributed by atoms with van der Waals surface area (Å²) >= 11 is 5.97. The molecule has 33 heavy (non-hydrogen) atoms. The second-order valence-electron chi connectivity index (χ2n) is 7.34. The highest BCUT2D eigenvalue weighted by Gasteiger charge is 2.38. The second kappa shape index (κ2) is 10.1. The Kier molecular flexibility index (Phi) is 7.44. The molecule has 1 aromatic carbocycles. The summed E-state index contributed by atoms with van der Waals surface area (Å²) in [6.45, 7) is 2.03. The molecule has 0 saturated carbocycles. The van der Waals surface area contributed by atoms with E-state index in [2.05, 4.69) is 15.5 Å². The number of alkyl halides is 3. The summed E-state index contributed by atoms with van der Waals surface area (Å²) < 4.78 is 33.7. The van der Waals surface area contributed by atoms with E-state index in [9.17, 15) is 18.0 Å². The first-order valence-corrected chi connectivity index (χ1v) is 10.2. The minimum atomic E-state index is -5.08. The number of carboxylic acid groups (broad SMARTS) is 1. The summed E-state index contributed by atoms with van der Waals surface area (Å²) in [6.07, 6.45) is -1.15. The normalized spacial score (nSPS) is 16.2. The molecule has 0 spiro atoms. The van der Waals surface area contributed by atoms with Crippen LogP contribution in [-0.2, 0) is 11.8 Å². The lowest BCUT2D eigenvalue weighted by atomic mass is 10.0. The first-order chi connectivity index (χ1) is 15.5. The van der Waals surface area contributed by atoms with Crippen LogP contribution in [0.3, 0.4) is 0 Å². The third kappa shape index (κ3) is 6.36. The fourth-order valence-electron chi connectivity index (χ4n) is 3.26. The number of aliphatic carboxylic acids is 1. The number of nitrogens with zero attached hydrogens (tertiary/aromatic N) is 3. The molecule has 176 valence electrons. The number of rotatable bonds is 3. The maximum Gasteiger partial charge on any atom is 0.490 e. The van der Waals surface area contributed by atoms with Crippen LogP contribution >= 0.6 is 11.6 Å². The van der Waals surface area contributed by atoms with Crippen molar-refractivity contribution in [3.63, 3.8) is 0 Å². The van der Waals surface area contributed by atoms with Gasteiger partial charge in [0.1, 0.15) is 5.69 Å². The standard InChI is InChI=1S/C19H20ClN5O.C2HF3O2/c1-24-8-6-14(11-24)16-10-17(23-22-16)19(26)25-9-7-21-18(12-25)13-2-4-15(20)5-3-13;3-2(4,5)1(6)7/h2-6,8,10-11,18,21H,7,9,12H2,1H3,(H,22,23);(H,6,7). The van der Waals surface area contributed by atoms with Gasteiger partial charge in [-0.2, -0.15) is 18.3 Å². The van der Waals surface area contributed by atoms with Crippen LogP contribution in [0, 0.1) is 0 Å². The number of carboxylic acids is 1. The van der Waals surface area contributed by atoms with Crippen LogP contribution in [0.1, 0.15) is 22.1 Å². The van der Waals surface area contributed by atoms with Gasteiger partial charge in [-0.15, -0.1) is 0 Å². The van der Waals surface area contributed by atoms with Gasteiger partial charge in [-0.05, 0) is 29.8 Å². The minimum Gasteiger partial charge on any atom is -0.475 e. The molecule has 3 heterocycles. The molecule has 0 bridgehead atoms. The smallest absolute Gasteiger partial charge is 0.475 e. The zero-order valence-electron chi connectivity index (χ0n) is 17.4. The van der Waals surface area contributed by atoms with E-state index in [-0.39, 0.29) is 11.9 Å². The Labute approximate surface area is 192 Å². The van der Waals surface area contributed by atoms with Crippen molar-refractivity contribution in [1.82, 2.24) is 25.0 Å². The van der Waals surface area contributed by atoms with Crippen molar-refractivity contribution in [3.05, 3.63) is 65.1 Å². The predicted molar refractivity (Wildman–Crippen MR) is 115 cm³/mol. The number of nitrogens with one attached hydrogen (secondary N) is 2. The van der Waals surface area contributed by atoms with Gasteiger partial charge < -0.3 is 19.9 Å². The van der Waals surface area contributed by atoms with Gasteiger partial charge in [0.2, 0.25) is 0 Å². The second-order valence-corrected chi connectivity index (χ2v) is 7.78. The maximum absolute atomic E-state index is 12.9. The van der Waals surface area contributed by atoms with Gasteiger partial charge in [-0.3, -0.25) is 9.89 Å². The highest BCUT2D eigenvalue weighted by atomic mass is 35.5. The first-order valence-electron chi connectivity index (χ1n) is 9.80. The number of H-pyrrole nitrogens is 1. The van der Waals surface area contributed by atoms with E-state index in [0.717, 1.165) is 23.4 Å². The minimum absolute atomic E-state index is 0.0276. The average Bonchev–Trinajstić information content (AvgIpc) is 3.43. The Bertz CT molecular complexity index is 1110. The largest absolute Gasteiger partial charge is 0.490 e. The summed E-state index contributed by atoms with van der Waals surface area (Å²) in [6, 6.07) is 11.6. The number of hydrogen-bond donors (Lipinski definition) is 3. The number of aromatic nitrogens is 3. The highest BCUT2D eigenvalue weighted by Crippen LogP contribution is 2.22. The van der Waals surface area contributed by atoms with Crippen molar-refractivity contribution in [3.8, 4) is 11.3 Å². The van der Waals surface area contributed by atoms with E-state index in [4.69, 9.17) is 21.5 Å². The van der Waals surface area contributed by atoms with E-state index in [1.165, 1.54) is 0 Å². The van der Waals surface area contributed by atoms with Gasteiger partial charge in [0, 0.05) is 55.7 Å². The van der Waals surface area contributed by atoms with E-state index in [1.807, 2.05) is 65.3 Å². The Morgan fingerprint density at radius 1 is 1.21 bits per heavy atom. The monoisotopic (exact) mass is 483 g/mol. The summed E-state index contributed by atoms with van der Waals surface area (Å²) in [5.74, 6) is -2.78. The Morgan fingerprint density at radius 2 is 1.88 bits per heavy atom. The quantitative estimate of drug-likeness (QED) is 0.529. The number of aryl methyl sites for hydroxylation is 1. The van der Waals surface area contributed by atoms with Gasteiger partial charge in [-0.25, -0.2) is 4.79 Å². The molecule has 1 fully saturated rings. The van der Waals surface area contributed by atoms with Crippen LogP contribution in [0.5, 0.6) is 0 Å². The van der Waals surface area contributed by atoms with E-state index in [1.54, 1.807) is 0 Å². The van der Waals surface area contributed by atoms with Gasteiger partial charge in [0.25, 0.3) is 5.91 Å². The molecular weight excluding hydrogens is 463 g/mol. The highest BCUT2D eigenvalue weighted by molar-refractivity contribution is 6.30. The van der Waals surface area contributed by atoms with E-state index < -0.39 is 12.1 Å². The topological polar surface area (TPSA) is 103 Å². The first kappa shape index (κ1) is 24.3. The van der Waals surface area contributed by atoms with Crippen LogP contribution in [-0.4, -0.2) is 62.5 Å². The number of halogens is 4. The molecule has 12 heteroatoms. The SMILES string of the molecule is Cn1ccc(-c2cc(C(=O)N3CCNC(c4ccc(Cl)cc4)C3)[nH]n2)c1.O=C(O)C(F)(F)F. The molecule has 3 aromatic rings. The lowest BCUT2D eigenvalue weighted by molar-refractivity contribution is -0.192. The summed E-state index contributed by atoms with van der Waals surface area (Å²) in [5, 5.41) is 18.5. The fraction of sp³-hybridized carbons (Fsp3) is 0.286. The molecule has 0 radical (unpaired) electrons. The number of aromatic amines is 1. The Hall–Kier alpha value is -3.31. The summed E-state index contributed by atoms with van der Waals surface area (Å²) in [4.78, 5) is 23.6. The molecule has 8 nitrogen and oxygen atoms in total. The van der Waals surface area contributed by atoms with E-state index in [0.29, 0.717) is 23.8 Å². The zero-order chi connectivity index (χ0) is 24.2. The predicted octanol–water partition coefficient (Wildman–Crippen LogP) is 3.49. The van der Waals surface area contributed by atoms with Crippen LogP contribution in [0.2, 0.25) is 5.02 Å². The van der Waals surface area contributed by atoms with Crippen molar-refractivity contribution in [2.24, 2.45) is 7.05 Å². The van der Waals surface area contributed by atoms with Crippen molar-refractivity contribution in [2.75, 3.05) is 19.6 Å². The van der Waals surface area contributed by atoms with Gasteiger partial charge in [-0.1, -0.05) is 23.7 Å². The van der Waals surface area contributed by atoms with Crippen LogP contribution in [0.15, 0.2) is 48.8 Å². The number of benzene rings is 1. The molecule has 1 amide bonds. The number of piperazine rings is 1. The summed E-state index contributed by atoms with van der Waals surface area (Å²) in [7, 11) is 1.96. The molecule has 2 aromatic heterocycles. The van der Waals surface area contributed by atoms with Gasteiger partial charge >= 0.3 is 12.1 Å². The molecule has 1 saturated heterocycles. The fourth-order valence-corrected chi connectivity index (χ4v) is 3.38. The number of carbonyl (C=O) groups excluding carboxylic acids is 1. The number of carbonyl (C=O) groups is 2. The lowest BCUT2D eigenvalue weighted by Crippen LogP contribution is -2.48. The van der Waals surface area contributed by atoms with Gasteiger partial charge in [0.05, 0.1) is 5.69 Å². The van der Waals surface area contributed by atoms with E-state index >= 15 is 0 Å². The maximum atomic E-state index is 12.9. The molecule has 4 rings (SSSR count). The number of amides is 1. The van der Waals surface area contributed by atoms with Gasteiger partial charge in [0.15, 0.2) is 0 Å². The third-order valence-electron chi connectivity index (χ3n) is 4.91. The molecule has 1 unspecified atom stereocenters.